The molecule has 0 atom stereocenters. The van der Waals surface area contributed by atoms with Gasteiger partial charge < -0.3 is 10.1 Å². The average molecular weight is 506 g/mol. The van der Waals surface area contributed by atoms with Crippen molar-refractivity contribution < 1.29 is 14.3 Å². The van der Waals surface area contributed by atoms with Crippen LogP contribution in [0.1, 0.15) is 34.8 Å². The molecule has 1 aliphatic rings. The predicted octanol–water partition coefficient (Wildman–Crippen LogP) is 4.79. The minimum absolute atomic E-state index is 0.173. The number of thiophene rings is 1. The van der Waals surface area contributed by atoms with Gasteiger partial charge in [-0.15, -0.1) is 16.4 Å². The molecule has 10 heteroatoms. The first-order valence-corrected chi connectivity index (χ1v) is 13.1. The van der Waals surface area contributed by atoms with E-state index in [9.17, 15) is 9.59 Å². The predicted molar refractivity (Wildman–Crippen MR) is 136 cm³/mol. The zero-order chi connectivity index (χ0) is 24.2. The number of amides is 1. The van der Waals surface area contributed by atoms with E-state index >= 15 is 0 Å². The van der Waals surface area contributed by atoms with Crippen molar-refractivity contribution in [3.8, 4) is 16.1 Å². The smallest absolute Gasteiger partial charge is 0.341 e. The van der Waals surface area contributed by atoms with E-state index < -0.39 is 5.97 Å². The quantitative estimate of drug-likeness (QED) is 0.272. The number of carbonyl (C=O) groups excluding carboxylic acids is 2. The zero-order valence-corrected chi connectivity index (χ0v) is 20.7. The van der Waals surface area contributed by atoms with Crippen LogP contribution >= 0.6 is 23.1 Å². The number of thioether (sulfide) groups is 1. The molecule has 5 rings (SSSR count). The summed E-state index contributed by atoms with van der Waals surface area (Å²) in [5.74, 6) is -0.0772. The fourth-order valence-corrected chi connectivity index (χ4v) is 6.21. The number of hydrogen-bond donors (Lipinski definition) is 1. The van der Waals surface area contributed by atoms with Crippen molar-refractivity contribution in [2.75, 3.05) is 17.7 Å². The molecule has 0 aliphatic heterocycles. The topological polar surface area (TPSA) is 99.0 Å². The van der Waals surface area contributed by atoms with Crippen molar-refractivity contribution in [2.45, 2.75) is 31.3 Å². The number of para-hydroxylation sites is 1. The van der Waals surface area contributed by atoms with E-state index in [2.05, 4.69) is 33.0 Å². The normalized spacial score (nSPS) is 12.0. The number of nitrogens with zero attached hydrogens (tertiary/aromatic N) is 4. The maximum absolute atomic E-state index is 12.9. The molecule has 4 aromatic rings. The van der Waals surface area contributed by atoms with Crippen LogP contribution < -0.4 is 5.32 Å². The highest BCUT2D eigenvalue weighted by Crippen LogP contribution is 2.45. The van der Waals surface area contributed by atoms with Gasteiger partial charge in [-0.2, -0.15) is 4.68 Å². The second kappa shape index (κ2) is 10.4. The van der Waals surface area contributed by atoms with Gasteiger partial charge in [0, 0.05) is 17.1 Å². The van der Waals surface area contributed by atoms with Crippen LogP contribution in [0.25, 0.3) is 16.1 Å². The highest BCUT2D eigenvalue weighted by molar-refractivity contribution is 7.99. The fourth-order valence-electron chi connectivity index (χ4n) is 4.07. The Labute approximate surface area is 210 Å². The third kappa shape index (κ3) is 4.85. The van der Waals surface area contributed by atoms with E-state index in [-0.39, 0.29) is 18.9 Å². The van der Waals surface area contributed by atoms with E-state index in [1.165, 1.54) is 28.7 Å². The fraction of sp³-hybridized carbons (Fsp3) is 0.240. The third-order valence-electron chi connectivity index (χ3n) is 5.65. The lowest BCUT2D eigenvalue weighted by Gasteiger charge is -2.16. The molecule has 178 valence electrons. The Morgan fingerprint density at radius 2 is 1.91 bits per heavy atom. The van der Waals surface area contributed by atoms with Crippen LogP contribution in [0, 0.1) is 0 Å². The molecule has 1 N–H and O–H groups in total. The number of fused-ring (bicyclic) bond motifs is 3. The number of aromatic nitrogens is 4. The second-order valence-corrected chi connectivity index (χ2v) is 9.93. The highest BCUT2D eigenvalue weighted by atomic mass is 32.2. The molecule has 8 nitrogen and oxygen atoms in total. The molecule has 0 spiro atoms. The van der Waals surface area contributed by atoms with Crippen LogP contribution in [0.3, 0.4) is 0 Å². The first-order valence-electron chi connectivity index (χ1n) is 11.3. The van der Waals surface area contributed by atoms with Gasteiger partial charge in [0.2, 0.25) is 11.1 Å². The lowest BCUT2D eigenvalue weighted by atomic mass is 9.89. The number of anilines is 1. The molecule has 2 aromatic heterocycles. The number of esters is 1. The van der Waals surface area contributed by atoms with Gasteiger partial charge in [-0.25, -0.2) is 4.79 Å². The summed E-state index contributed by atoms with van der Waals surface area (Å²) in [5.41, 5.74) is 4.66. The van der Waals surface area contributed by atoms with Crippen LogP contribution in [-0.4, -0.2) is 44.4 Å². The maximum Gasteiger partial charge on any atom is 0.341 e. The monoisotopic (exact) mass is 505 g/mol. The molecule has 35 heavy (non-hydrogen) atoms. The lowest BCUT2D eigenvalue weighted by Crippen LogP contribution is -2.16. The Hall–Kier alpha value is -3.50. The van der Waals surface area contributed by atoms with Gasteiger partial charge in [0.1, 0.15) is 5.00 Å². The van der Waals surface area contributed by atoms with Crippen LogP contribution in [0.2, 0.25) is 0 Å². The molecule has 0 saturated carbocycles. The zero-order valence-electron chi connectivity index (χ0n) is 19.1. The van der Waals surface area contributed by atoms with Crippen molar-refractivity contribution in [2.24, 2.45) is 0 Å². The Balaban J connectivity index is 1.31. The molecule has 1 amide bonds. The Morgan fingerprint density at radius 1 is 1.11 bits per heavy atom. The van der Waals surface area contributed by atoms with Gasteiger partial charge in [0.15, 0.2) is 0 Å². The summed E-state index contributed by atoms with van der Waals surface area (Å²) >= 11 is 2.84. The van der Waals surface area contributed by atoms with Crippen molar-refractivity contribution in [3.05, 3.63) is 71.3 Å². The van der Waals surface area contributed by atoms with Gasteiger partial charge >= 0.3 is 5.97 Å². The van der Waals surface area contributed by atoms with Crippen molar-refractivity contribution in [1.82, 2.24) is 20.2 Å². The first kappa shape index (κ1) is 23.3. The molecule has 0 fully saturated rings. The van der Waals surface area contributed by atoms with Gasteiger partial charge in [-0.05, 0) is 59.0 Å². The molecular weight excluding hydrogens is 482 g/mol. The van der Waals surface area contributed by atoms with E-state index in [1.54, 1.807) is 11.6 Å². The van der Waals surface area contributed by atoms with Crippen LogP contribution in [0.15, 0.2) is 59.8 Å². The van der Waals surface area contributed by atoms with E-state index in [0.717, 1.165) is 34.5 Å². The minimum Gasteiger partial charge on any atom is -0.462 e. The highest BCUT2D eigenvalue weighted by Gasteiger charge is 2.29. The summed E-state index contributed by atoms with van der Waals surface area (Å²) in [6.45, 7) is 2.06. The number of rotatable bonds is 8. The number of tetrazole rings is 1. The summed E-state index contributed by atoms with van der Waals surface area (Å²) in [5, 5.41) is 16.0. The number of nitrogens with one attached hydrogen (secondary N) is 1. The van der Waals surface area contributed by atoms with Gasteiger partial charge in [0.25, 0.3) is 0 Å². The van der Waals surface area contributed by atoms with Crippen LogP contribution in [-0.2, 0) is 22.4 Å². The number of ether oxygens (including phenoxy) is 1. The standard InChI is InChI=1S/C25H23N5O3S2/c1-2-33-24(32)21-19-13-12-16-8-6-7-11-18(16)22(19)35-23(21)26-20(31)14-15-34-25-27-28-29-30(25)17-9-4-3-5-10-17/h3-11H,2,12-15H2,1H3,(H,26,31). The SMILES string of the molecule is CCOC(=O)c1c(NC(=O)CCSc2nnnn2-c2ccccc2)sc2c1CCc1ccccc1-2. The lowest BCUT2D eigenvalue weighted by molar-refractivity contribution is -0.115. The molecule has 0 radical (unpaired) electrons. The summed E-state index contributed by atoms with van der Waals surface area (Å²) < 4.78 is 6.98. The molecule has 2 heterocycles. The largest absolute Gasteiger partial charge is 0.462 e. The Bertz CT molecular complexity index is 1370. The summed E-state index contributed by atoms with van der Waals surface area (Å²) in [6, 6.07) is 17.8. The van der Waals surface area contributed by atoms with E-state index in [1.807, 2.05) is 42.5 Å². The number of hydrogen-bond acceptors (Lipinski definition) is 8. The molecule has 1 aliphatic carbocycles. The van der Waals surface area contributed by atoms with E-state index in [4.69, 9.17) is 4.74 Å². The molecule has 2 aromatic carbocycles. The van der Waals surface area contributed by atoms with Crippen LogP contribution in [0.5, 0.6) is 0 Å². The minimum atomic E-state index is -0.393. The Kier molecular flexibility index (Phi) is 6.91. The van der Waals surface area contributed by atoms with Gasteiger partial charge in [-0.3, -0.25) is 4.79 Å². The Morgan fingerprint density at radius 3 is 2.74 bits per heavy atom. The molecule has 0 unspecified atom stereocenters. The number of carbonyl (C=O) groups is 2. The molecule has 0 bridgehead atoms. The van der Waals surface area contributed by atoms with Crippen molar-refractivity contribution in [1.29, 1.82) is 0 Å². The summed E-state index contributed by atoms with van der Waals surface area (Å²) in [6.07, 6.45) is 1.84. The van der Waals surface area contributed by atoms with Gasteiger partial charge in [0.05, 0.1) is 17.9 Å². The summed E-state index contributed by atoms with van der Waals surface area (Å²) in [4.78, 5) is 26.7. The molecular formula is C25H23N5O3S2. The third-order valence-corrected chi connectivity index (χ3v) is 7.75. The van der Waals surface area contributed by atoms with Gasteiger partial charge in [-0.1, -0.05) is 54.2 Å². The number of benzene rings is 2. The average Bonchev–Trinajstić information content (AvgIpc) is 3.49. The number of aryl methyl sites for hydroxylation is 1. The van der Waals surface area contributed by atoms with Crippen LogP contribution in [0.4, 0.5) is 5.00 Å². The first-order chi connectivity index (χ1) is 17.2. The van der Waals surface area contributed by atoms with E-state index in [0.29, 0.717) is 21.5 Å². The summed E-state index contributed by atoms with van der Waals surface area (Å²) in [7, 11) is 0. The van der Waals surface area contributed by atoms with Crippen molar-refractivity contribution >= 4 is 40.0 Å². The molecule has 0 saturated heterocycles. The maximum atomic E-state index is 12.9. The second-order valence-electron chi connectivity index (χ2n) is 7.85. The van der Waals surface area contributed by atoms with Crippen molar-refractivity contribution in [3.63, 3.8) is 0 Å².